The summed E-state index contributed by atoms with van der Waals surface area (Å²) < 4.78 is 27.8. The lowest BCUT2D eigenvalue weighted by Crippen LogP contribution is -2.43. The number of carbonyl (C=O) groups excluding carboxylic acids is 2. The number of anilines is 1. The monoisotopic (exact) mass is 487 g/mol. The number of fused-ring (bicyclic) bond motifs is 1. The van der Waals surface area contributed by atoms with E-state index in [2.05, 4.69) is 5.32 Å². The fourth-order valence-electron chi connectivity index (χ4n) is 4.13. The molecule has 2 amide bonds. The van der Waals surface area contributed by atoms with Crippen molar-refractivity contribution in [2.45, 2.75) is 55.2 Å². The number of halogens is 1. The molecule has 162 valence electrons. The van der Waals surface area contributed by atoms with Gasteiger partial charge in [-0.2, -0.15) is 4.31 Å². The normalized spacial score (nSPS) is 20.0. The smallest absolute Gasteiger partial charge is 0.253 e. The van der Waals surface area contributed by atoms with Crippen LogP contribution in [-0.4, -0.2) is 37.1 Å². The number of rotatable bonds is 5. The van der Waals surface area contributed by atoms with Crippen molar-refractivity contribution < 1.29 is 18.0 Å². The van der Waals surface area contributed by atoms with E-state index in [0.717, 1.165) is 53.9 Å². The predicted octanol–water partition coefficient (Wildman–Crippen LogP) is 3.62. The zero-order valence-electron chi connectivity index (χ0n) is 16.1. The minimum atomic E-state index is -3.82. The molecule has 0 spiro atoms. The van der Waals surface area contributed by atoms with E-state index in [-0.39, 0.29) is 10.8 Å². The highest BCUT2D eigenvalue weighted by Gasteiger charge is 2.40. The molecule has 1 aliphatic carbocycles. The van der Waals surface area contributed by atoms with Crippen molar-refractivity contribution in [3.05, 3.63) is 32.5 Å². The number of aryl methyl sites for hydroxylation is 1. The molecule has 0 bridgehead atoms. The number of hydrogen-bond acceptors (Lipinski definition) is 6. The van der Waals surface area contributed by atoms with Gasteiger partial charge < -0.3 is 11.1 Å². The van der Waals surface area contributed by atoms with Crippen molar-refractivity contribution in [2.75, 3.05) is 11.9 Å². The molecule has 11 heteroatoms. The minimum Gasteiger partial charge on any atom is -0.365 e. The number of primary amides is 1. The maximum atomic E-state index is 13.1. The molecule has 3 N–H and O–H groups in total. The number of hydrogen-bond donors (Lipinski definition) is 2. The maximum Gasteiger partial charge on any atom is 0.253 e. The first kappa shape index (κ1) is 21.8. The molecule has 0 unspecified atom stereocenters. The molecule has 2 aromatic heterocycles. The number of nitrogens with one attached hydrogen (secondary N) is 1. The maximum absolute atomic E-state index is 13.1. The summed E-state index contributed by atoms with van der Waals surface area (Å²) in [6.07, 6.45) is 5.75. The van der Waals surface area contributed by atoms with Gasteiger partial charge in [0.1, 0.15) is 15.3 Å². The lowest BCUT2D eigenvalue weighted by atomic mass is 10.1. The first-order chi connectivity index (χ1) is 14.3. The molecule has 3 heterocycles. The average Bonchev–Trinajstić information content (AvgIpc) is 3.38. The third-order valence-electron chi connectivity index (χ3n) is 5.52. The van der Waals surface area contributed by atoms with Gasteiger partial charge in [0.05, 0.1) is 9.90 Å². The topological polar surface area (TPSA) is 110 Å². The van der Waals surface area contributed by atoms with Crippen LogP contribution in [0.2, 0.25) is 4.34 Å². The molecular weight excluding hydrogens is 466 g/mol. The Labute approximate surface area is 188 Å². The zero-order valence-corrected chi connectivity index (χ0v) is 19.4. The fraction of sp³-hybridized carbons (Fsp3) is 0.474. The van der Waals surface area contributed by atoms with Crippen molar-refractivity contribution in [1.29, 1.82) is 0 Å². The summed E-state index contributed by atoms with van der Waals surface area (Å²) in [7, 11) is -3.82. The van der Waals surface area contributed by atoms with Gasteiger partial charge in [-0.15, -0.1) is 22.7 Å². The molecule has 7 nitrogen and oxygen atoms in total. The van der Waals surface area contributed by atoms with E-state index in [1.54, 1.807) is 0 Å². The largest absolute Gasteiger partial charge is 0.365 e. The number of nitrogens with two attached hydrogens (primary N) is 1. The number of sulfonamides is 1. The Morgan fingerprint density at radius 1 is 1.13 bits per heavy atom. The molecule has 2 aromatic rings. The van der Waals surface area contributed by atoms with E-state index in [1.165, 1.54) is 27.8 Å². The summed E-state index contributed by atoms with van der Waals surface area (Å²) in [5, 5.41) is 3.25. The van der Waals surface area contributed by atoms with Gasteiger partial charge in [-0.3, -0.25) is 9.59 Å². The van der Waals surface area contributed by atoms with Crippen LogP contribution in [0.3, 0.4) is 0 Å². The Kier molecular flexibility index (Phi) is 6.23. The summed E-state index contributed by atoms with van der Waals surface area (Å²) in [6.45, 7) is 0.263. The molecule has 0 aromatic carbocycles. The van der Waals surface area contributed by atoms with Crippen LogP contribution in [0, 0.1) is 0 Å². The van der Waals surface area contributed by atoms with Crippen LogP contribution in [0.15, 0.2) is 16.3 Å². The average molecular weight is 488 g/mol. The molecule has 30 heavy (non-hydrogen) atoms. The van der Waals surface area contributed by atoms with E-state index < -0.39 is 27.9 Å². The van der Waals surface area contributed by atoms with E-state index in [1.807, 2.05) is 0 Å². The second kappa shape index (κ2) is 8.58. The van der Waals surface area contributed by atoms with Crippen molar-refractivity contribution >= 4 is 61.1 Å². The van der Waals surface area contributed by atoms with Crippen molar-refractivity contribution in [3.8, 4) is 0 Å². The Balaban J connectivity index is 1.60. The van der Waals surface area contributed by atoms with Gasteiger partial charge >= 0.3 is 0 Å². The van der Waals surface area contributed by atoms with Crippen LogP contribution in [0.4, 0.5) is 5.00 Å². The van der Waals surface area contributed by atoms with Crippen molar-refractivity contribution in [3.63, 3.8) is 0 Å². The predicted molar refractivity (Wildman–Crippen MR) is 119 cm³/mol. The Morgan fingerprint density at radius 2 is 1.90 bits per heavy atom. The van der Waals surface area contributed by atoms with E-state index >= 15 is 0 Å². The van der Waals surface area contributed by atoms with Crippen LogP contribution in [-0.2, 0) is 27.7 Å². The molecule has 1 atom stereocenters. The van der Waals surface area contributed by atoms with Crippen LogP contribution in [0.25, 0.3) is 0 Å². The lowest BCUT2D eigenvalue weighted by molar-refractivity contribution is -0.119. The number of thiophene rings is 2. The molecule has 4 rings (SSSR count). The van der Waals surface area contributed by atoms with Crippen LogP contribution in [0.1, 0.15) is 52.9 Å². The molecule has 1 saturated heterocycles. The second-order valence-electron chi connectivity index (χ2n) is 7.45. The van der Waals surface area contributed by atoms with Gasteiger partial charge in [-0.1, -0.05) is 18.0 Å². The first-order valence-corrected chi connectivity index (χ1v) is 13.3. The Hall–Kier alpha value is -1.46. The molecule has 1 aliphatic heterocycles. The van der Waals surface area contributed by atoms with Gasteiger partial charge in [0.2, 0.25) is 5.91 Å². The zero-order chi connectivity index (χ0) is 21.5. The standard InChI is InChI=1S/C19H22ClN3O4S3/c20-14-8-9-15(29-14)30(26,27)23-10-4-6-12(23)18(25)22-19-16(17(21)24)11-5-2-1-3-7-13(11)28-19/h8-9,12H,1-7,10H2,(H2,21,24)(H,22,25)/t12-/m1/s1. The fourth-order valence-corrected chi connectivity index (χ4v) is 8.69. The highest BCUT2D eigenvalue weighted by molar-refractivity contribution is 7.91. The highest BCUT2D eigenvalue weighted by Crippen LogP contribution is 2.38. The number of carbonyl (C=O) groups is 2. The molecular formula is C19H22ClN3O4S3. The Bertz CT molecular complexity index is 1090. The van der Waals surface area contributed by atoms with Crippen LogP contribution >= 0.6 is 34.3 Å². The van der Waals surface area contributed by atoms with E-state index in [9.17, 15) is 18.0 Å². The SMILES string of the molecule is NC(=O)c1c(NC(=O)[C@H]2CCCN2S(=O)(=O)c2ccc(Cl)s2)sc2c1CCCCC2. The second-order valence-corrected chi connectivity index (χ2v) is 12.4. The van der Waals surface area contributed by atoms with Gasteiger partial charge in [-0.05, 0) is 56.2 Å². The van der Waals surface area contributed by atoms with Gasteiger partial charge in [-0.25, -0.2) is 8.42 Å². The number of amides is 2. The lowest BCUT2D eigenvalue weighted by Gasteiger charge is -2.22. The van der Waals surface area contributed by atoms with Gasteiger partial charge in [0.15, 0.2) is 0 Å². The highest BCUT2D eigenvalue weighted by atomic mass is 35.5. The summed E-state index contributed by atoms with van der Waals surface area (Å²) in [5.74, 6) is -0.994. The minimum absolute atomic E-state index is 0.118. The first-order valence-electron chi connectivity index (χ1n) is 9.81. The van der Waals surface area contributed by atoms with Crippen molar-refractivity contribution in [2.24, 2.45) is 5.73 Å². The summed E-state index contributed by atoms with van der Waals surface area (Å²) in [5.41, 5.74) is 6.95. The summed E-state index contributed by atoms with van der Waals surface area (Å²) in [6, 6.07) is 2.15. The molecule has 1 fully saturated rings. The van der Waals surface area contributed by atoms with E-state index in [0.29, 0.717) is 27.7 Å². The summed E-state index contributed by atoms with van der Waals surface area (Å²) >= 11 is 8.26. The quantitative estimate of drug-likeness (QED) is 0.627. The molecule has 0 radical (unpaired) electrons. The Morgan fingerprint density at radius 3 is 2.60 bits per heavy atom. The van der Waals surface area contributed by atoms with Gasteiger partial charge in [0.25, 0.3) is 15.9 Å². The van der Waals surface area contributed by atoms with Gasteiger partial charge in [0, 0.05) is 11.4 Å². The summed E-state index contributed by atoms with van der Waals surface area (Å²) in [4.78, 5) is 26.3. The van der Waals surface area contributed by atoms with Crippen LogP contribution in [0.5, 0.6) is 0 Å². The molecule has 0 saturated carbocycles. The van der Waals surface area contributed by atoms with Crippen molar-refractivity contribution in [1.82, 2.24) is 4.31 Å². The van der Waals surface area contributed by atoms with E-state index in [4.69, 9.17) is 17.3 Å². The van der Waals surface area contributed by atoms with Crippen LogP contribution < -0.4 is 11.1 Å². The third kappa shape index (κ3) is 4.03. The third-order valence-corrected chi connectivity index (χ3v) is 10.3. The molecule has 2 aliphatic rings. The number of nitrogens with zero attached hydrogens (tertiary/aromatic N) is 1.